The van der Waals surface area contributed by atoms with Crippen molar-refractivity contribution in [3.8, 4) is 6.07 Å². The summed E-state index contributed by atoms with van der Waals surface area (Å²) >= 11 is 13.5. The van der Waals surface area contributed by atoms with E-state index in [2.05, 4.69) is 11.4 Å². The Morgan fingerprint density at radius 1 is 1.33 bits per heavy atom. The zero-order chi connectivity index (χ0) is 16.2. The van der Waals surface area contributed by atoms with Crippen LogP contribution in [0.1, 0.15) is 27.7 Å². The number of halogens is 2. The second kappa shape index (κ2) is 7.40. The quantitative estimate of drug-likeness (QED) is 0.798. The zero-order valence-corrected chi connectivity index (χ0v) is 14.7. The van der Waals surface area contributed by atoms with Gasteiger partial charge in [0.1, 0.15) is 5.54 Å². The van der Waals surface area contributed by atoms with Crippen molar-refractivity contribution >= 4 is 40.9 Å². The summed E-state index contributed by atoms with van der Waals surface area (Å²) in [4.78, 5) is 13.0. The fourth-order valence-electron chi connectivity index (χ4n) is 1.48. The Morgan fingerprint density at radius 2 is 1.86 bits per heavy atom. The lowest BCUT2D eigenvalue weighted by molar-refractivity contribution is -0.121. The highest BCUT2D eigenvalue weighted by Gasteiger charge is 2.32. The van der Waals surface area contributed by atoms with Crippen LogP contribution in [-0.4, -0.2) is 16.7 Å². The molecule has 0 radical (unpaired) electrons. The van der Waals surface area contributed by atoms with Gasteiger partial charge in [0.25, 0.3) is 0 Å². The van der Waals surface area contributed by atoms with Crippen molar-refractivity contribution in [2.75, 3.05) is 0 Å². The van der Waals surface area contributed by atoms with Gasteiger partial charge in [-0.3, -0.25) is 4.79 Å². The summed E-state index contributed by atoms with van der Waals surface area (Å²) in [6.07, 6.45) is 0. The first-order chi connectivity index (χ1) is 9.71. The Labute approximate surface area is 140 Å². The fourth-order valence-corrected chi connectivity index (χ4v) is 3.03. The van der Waals surface area contributed by atoms with Crippen LogP contribution in [0.3, 0.4) is 0 Å². The van der Waals surface area contributed by atoms with Crippen molar-refractivity contribution < 1.29 is 4.79 Å². The van der Waals surface area contributed by atoms with E-state index in [-0.39, 0.29) is 11.8 Å². The number of nitriles is 1. The smallest absolute Gasteiger partial charge is 0.234 e. The van der Waals surface area contributed by atoms with Crippen molar-refractivity contribution in [2.24, 2.45) is 5.92 Å². The number of benzene rings is 1. The highest BCUT2D eigenvalue weighted by molar-refractivity contribution is 8.00. The van der Waals surface area contributed by atoms with Gasteiger partial charge in [0.05, 0.1) is 21.4 Å². The van der Waals surface area contributed by atoms with Crippen molar-refractivity contribution in [3.63, 3.8) is 0 Å². The molecule has 1 aromatic carbocycles. The Morgan fingerprint density at radius 3 is 2.29 bits per heavy atom. The van der Waals surface area contributed by atoms with Crippen LogP contribution >= 0.6 is 35.0 Å². The van der Waals surface area contributed by atoms with Crippen molar-refractivity contribution in [1.29, 1.82) is 5.26 Å². The maximum Gasteiger partial charge on any atom is 0.234 e. The molecule has 1 N–H and O–H groups in total. The van der Waals surface area contributed by atoms with Crippen LogP contribution in [0.5, 0.6) is 0 Å². The molecule has 0 spiro atoms. The number of carbonyl (C=O) groups is 1. The molecular formula is C15H18Cl2N2OS. The third kappa shape index (κ3) is 4.54. The molecule has 0 aromatic heterocycles. The summed E-state index contributed by atoms with van der Waals surface area (Å²) in [7, 11) is 0. The Kier molecular flexibility index (Phi) is 6.40. The predicted octanol–water partition coefficient (Wildman–Crippen LogP) is 4.53. The van der Waals surface area contributed by atoms with Gasteiger partial charge >= 0.3 is 0 Å². The summed E-state index contributed by atoms with van der Waals surface area (Å²) in [6, 6.07) is 7.37. The minimum absolute atomic E-state index is 0.00699. The van der Waals surface area contributed by atoms with Gasteiger partial charge in [-0.1, -0.05) is 43.1 Å². The Balaban J connectivity index is 2.83. The standard InChI is InChI=1S/C15H18Cl2N2OS/c1-9(2)15(4,8-18)19-14(20)10(3)21-13-11(16)6-5-7-12(13)17/h5-7,9-10H,1-4H3,(H,19,20)/t10-,15+/m1/s1. The third-order valence-corrected chi connectivity index (χ3v) is 5.45. The average Bonchev–Trinajstić information content (AvgIpc) is 2.42. The molecule has 114 valence electrons. The van der Waals surface area contributed by atoms with E-state index in [1.54, 1.807) is 32.0 Å². The van der Waals surface area contributed by atoms with Crippen LogP contribution in [0.25, 0.3) is 0 Å². The van der Waals surface area contributed by atoms with Crippen LogP contribution < -0.4 is 5.32 Å². The van der Waals surface area contributed by atoms with Gasteiger partial charge in [-0.15, -0.1) is 11.8 Å². The highest BCUT2D eigenvalue weighted by atomic mass is 35.5. The SMILES string of the molecule is CC(C)[C@](C)(C#N)NC(=O)[C@@H](C)Sc1c(Cl)cccc1Cl. The van der Waals surface area contributed by atoms with Crippen LogP contribution in [-0.2, 0) is 4.79 Å². The van der Waals surface area contributed by atoms with Crippen molar-refractivity contribution in [3.05, 3.63) is 28.2 Å². The summed E-state index contributed by atoms with van der Waals surface area (Å²) in [6.45, 7) is 7.27. The van der Waals surface area contributed by atoms with E-state index in [1.807, 2.05) is 13.8 Å². The summed E-state index contributed by atoms with van der Waals surface area (Å²) in [5.41, 5.74) is -0.893. The van der Waals surface area contributed by atoms with Crippen molar-refractivity contribution in [2.45, 2.75) is 43.4 Å². The zero-order valence-electron chi connectivity index (χ0n) is 12.4. The molecule has 1 amide bonds. The van der Waals surface area contributed by atoms with Gasteiger partial charge in [-0.05, 0) is 31.9 Å². The van der Waals surface area contributed by atoms with E-state index < -0.39 is 10.8 Å². The lowest BCUT2D eigenvalue weighted by atomic mass is 9.90. The number of nitrogens with zero attached hydrogens (tertiary/aromatic N) is 1. The van der Waals surface area contributed by atoms with E-state index >= 15 is 0 Å². The normalized spacial score (nSPS) is 15.1. The van der Waals surface area contributed by atoms with E-state index in [0.717, 1.165) is 0 Å². The van der Waals surface area contributed by atoms with Gasteiger partial charge in [0.15, 0.2) is 0 Å². The lowest BCUT2D eigenvalue weighted by Crippen LogP contribution is -2.51. The maximum absolute atomic E-state index is 12.3. The minimum Gasteiger partial charge on any atom is -0.337 e. The first-order valence-corrected chi connectivity index (χ1v) is 8.18. The second-order valence-electron chi connectivity index (χ2n) is 5.27. The van der Waals surface area contributed by atoms with E-state index in [4.69, 9.17) is 23.2 Å². The summed E-state index contributed by atoms with van der Waals surface area (Å²) < 4.78 is 0. The topological polar surface area (TPSA) is 52.9 Å². The molecule has 1 aromatic rings. The molecular weight excluding hydrogens is 327 g/mol. The van der Waals surface area contributed by atoms with E-state index in [1.165, 1.54) is 11.8 Å². The number of carbonyl (C=O) groups excluding carboxylic acids is 1. The maximum atomic E-state index is 12.3. The summed E-state index contributed by atoms with van der Waals surface area (Å²) in [5, 5.41) is 12.7. The largest absolute Gasteiger partial charge is 0.337 e. The molecule has 21 heavy (non-hydrogen) atoms. The Hall–Kier alpha value is -0.890. The first-order valence-electron chi connectivity index (χ1n) is 6.55. The molecule has 0 aliphatic rings. The van der Waals surface area contributed by atoms with Crippen LogP contribution in [0.15, 0.2) is 23.1 Å². The van der Waals surface area contributed by atoms with Gasteiger partial charge in [-0.2, -0.15) is 5.26 Å². The predicted molar refractivity (Wildman–Crippen MR) is 88.8 cm³/mol. The van der Waals surface area contributed by atoms with Gasteiger partial charge in [-0.25, -0.2) is 0 Å². The molecule has 0 fully saturated rings. The van der Waals surface area contributed by atoms with Gasteiger partial charge in [0.2, 0.25) is 5.91 Å². The summed E-state index contributed by atoms with van der Waals surface area (Å²) in [5.74, 6) is -0.207. The molecule has 0 bridgehead atoms. The molecule has 6 heteroatoms. The first kappa shape index (κ1) is 18.2. The number of rotatable bonds is 5. The van der Waals surface area contributed by atoms with Crippen LogP contribution in [0, 0.1) is 17.2 Å². The fraction of sp³-hybridized carbons (Fsp3) is 0.467. The molecule has 3 nitrogen and oxygen atoms in total. The molecule has 0 aliphatic heterocycles. The number of amides is 1. The molecule has 0 saturated heterocycles. The minimum atomic E-state index is -0.893. The number of nitrogens with one attached hydrogen (secondary N) is 1. The highest BCUT2D eigenvalue weighted by Crippen LogP contribution is 2.36. The average molecular weight is 345 g/mol. The monoisotopic (exact) mass is 344 g/mol. The van der Waals surface area contributed by atoms with E-state index in [0.29, 0.717) is 14.9 Å². The molecule has 1 rings (SSSR count). The Bertz CT molecular complexity index is 551. The molecule has 0 unspecified atom stereocenters. The lowest BCUT2D eigenvalue weighted by Gasteiger charge is -2.28. The van der Waals surface area contributed by atoms with Crippen LogP contribution in [0.2, 0.25) is 10.0 Å². The van der Waals surface area contributed by atoms with Gasteiger partial charge in [0, 0.05) is 4.90 Å². The van der Waals surface area contributed by atoms with Crippen LogP contribution in [0.4, 0.5) is 0 Å². The number of thioether (sulfide) groups is 1. The van der Waals surface area contributed by atoms with Crippen molar-refractivity contribution in [1.82, 2.24) is 5.32 Å². The van der Waals surface area contributed by atoms with E-state index in [9.17, 15) is 10.1 Å². The second-order valence-corrected chi connectivity index (χ2v) is 7.43. The molecule has 2 atom stereocenters. The van der Waals surface area contributed by atoms with Gasteiger partial charge < -0.3 is 5.32 Å². The molecule has 0 heterocycles. The number of hydrogen-bond acceptors (Lipinski definition) is 3. The molecule has 0 aliphatic carbocycles. The molecule has 0 saturated carbocycles. The third-order valence-electron chi connectivity index (χ3n) is 3.35. The number of hydrogen-bond donors (Lipinski definition) is 1.